The van der Waals surface area contributed by atoms with Gasteiger partial charge in [0.2, 0.25) is 0 Å². The first-order valence-corrected chi connectivity index (χ1v) is 7.07. The second-order valence-corrected chi connectivity index (χ2v) is 5.70. The Hall–Kier alpha value is -1.18. The number of anilines is 1. The van der Waals surface area contributed by atoms with Gasteiger partial charge in [0.1, 0.15) is 5.75 Å². The Kier molecular flexibility index (Phi) is 4.51. The number of hydrogen-bond donors (Lipinski definition) is 1. The van der Waals surface area contributed by atoms with Crippen molar-refractivity contribution in [2.45, 2.75) is 39.5 Å². The summed E-state index contributed by atoms with van der Waals surface area (Å²) in [4.78, 5) is 0. The molecule has 0 aliphatic heterocycles. The van der Waals surface area contributed by atoms with Gasteiger partial charge >= 0.3 is 0 Å². The van der Waals surface area contributed by atoms with Crippen LogP contribution >= 0.6 is 0 Å². The number of aryl methyl sites for hydroxylation is 1. The van der Waals surface area contributed by atoms with E-state index >= 15 is 0 Å². The number of rotatable bonds is 4. The van der Waals surface area contributed by atoms with Gasteiger partial charge in [-0.15, -0.1) is 0 Å². The molecule has 2 atom stereocenters. The van der Waals surface area contributed by atoms with Gasteiger partial charge < -0.3 is 10.1 Å². The largest absolute Gasteiger partial charge is 0.497 e. The summed E-state index contributed by atoms with van der Waals surface area (Å²) in [7, 11) is 1.71. The molecule has 0 heterocycles. The number of nitrogens with one attached hydrogen (secondary N) is 1. The second-order valence-electron chi connectivity index (χ2n) is 5.70. The molecule has 100 valence electrons. The van der Waals surface area contributed by atoms with Gasteiger partial charge in [-0.1, -0.05) is 19.8 Å². The maximum atomic E-state index is 5.23. The standard InChI is InChI=1S/C16H25NO/c1-12-5-4-6-14(9-12)11-17-16-8-7-15(18-3)10-13(16)2/h7-8,10,12,14,17H,4-6,9,11H2,1-3H3. The van der Waals surface area contributed by atoms with Gasteiger partial charge in [-0.2, -0.15) is 0 Å². The molecular formula is C16H25NO. The summed E-state index contributed by atoms with van der Waals surface area (Å²) in [5, 5.41) is 3.60. The van der Waals surface area contributed by atoms with Crippen LogP contribution < -0.4 is 10.1 Å². The predicted octanol–water partition coefficient (Wildman–Crippen LogP) is 4.24. The van der Waals surface area contributed by atoms with Crippen LogP contribution in [-0.4, -0.2) is 13.7 Å². The third kappa shape index (κ3) is 3.41. The Bertz CT molecular complexity index is 389. The zero-order valence-electron chi connectivity index (χ0n) is 11.8. The van der Waals surface area contributed by atoms with Crippen LogP contribution in [0.25, 0.3) is 0 Å². The molecule has 0 amide bonds. The van der Waals surface area contributed by atoms with E-state index in [-0.39, 0.29) is 0 Å². The molecule has 0 radical (unpaired) electrons. The molecule has 0 bridgehead atoms. The van der Waals surface area contributed by atoms with Crippen molar-refractivity contribution >= 4 is 5.69 Å². The smallest absolute Gasteiger partial charge is 0.119 e. The average Bonchev–Trinajstić information content (AvgIpc) is 2.37. The van der Waals surface area contributed by atoms with Gasteiger partial charge in [0.05, 0.1) is 7.11 Å². The predicted molar refractivity (Wildman–Crippen MR) is 77.3 cm³/mol. The van der Waals surface area contributed by atoms with Crippen molar-refractivity contribution in [1.29, 1.82) is 0 Å². The van der Waals surface area contributed by atoms with E-state index in [1.54, 1.807) is 7.11 Å². The van der Waals surface area contributed by atoms with E-state index in [9.17, 15) is 0 Å². The maximum Gasteiger partial charge on any atom is 0.119 e. The molecular weight excluding hydrogens is 222 g/mol. The van der Waals surface area contributed by atoms with Crippen LogP contribution in [0.4, 0.5) is 5.69 Å². The summed E-state index contributed by atoms with van der Waals surface area (Å²) in [6.07, 6.45) is 5.57. The monoisotopic (exact) mass is 247 g/mol. The molecule has 0 aromatic heterocycles. The van der Waals surface area contributed by atoms with Gasteiger partial charge in [-0.3, -0.25) is 0 Å². The van der Waals surface area contributed by atoms with Crippen molar-refractivity contribution in [3.63, 3.8) is 0 Å². The Morgan fingerprint density at radius 1 is 1.33 bits per heavy atom. The van der Waals surface area contributed by atoms with Crippen molar-refractivity contribution < 1.29 is 4.74 Å². The lowest BCUT2D eigenvalue weighted by molar-refractivity contribution is 0.293. The topological polar surface area (TPSA) is 21.3 Å². The lowest BCUT2D eigenvalue weighted by atomic mass is 9.82. The Morgan fingerprint density at radius 3 is 2.83 bits per heavy atom. The van der Waals surface area contributed by atoms with Crippen LogP contribution in [0.2, 0.25) is 0 Å². The molecule has 1 aromatic rings. The normalized spacial score (nSPS) is 23.7. The van der Waals surface area contributed by atoms with E-state index in [2.05, 4.69) is 31.3 Å². The van der Waals surface area contributed by atoms with E-state index < -0.39 is 0 Å². The first kappa shape index (κ1) is 13.3. The van der Waals surface area contributed by atoms with Crippen molar-refractivity contribution in [3.05, 3.63) is 23.8 Å². The quantitative estimate of drug-likeness (QED) is 0.859. The van der Waals surface area contributed by atoms with Crippen LogP contribution in [0.3, 0.4) is 0 Å². The average molecular weight is 247 g/mol. The lowest BCUT2D eigenvalue weighted by Gasteiger charge is -2.27. The van der Waals surface area contributed by atoms with Crippen molar-refractivity contribution in [3.8, 4) is 5.75 Å². The highest BCUT2D eigenvalue weighted by Crippen LogP contribution is 2.29. The molecule has 0 spiro atoms. The Morgan fingerprint density at radius 2 is 2.17 bits per heavy atom. The number of ether oxygens (including phenoxy) is 1. The second kappa shape index (κ2) is 6.12. The van der Waals surface area contributed by atoms with E-state index in [0.29, 0.717) is 0 Å². The lowest BCUT2D eigenvalue weighted by Crippen LogP contribution is -2.21. The first-order valence-electron chi connectivity index (χ1n) is 7.07. The number of methoxy groups -OCH3 is 1. The van der Waals surface area contributed by atoms with Crippen LogP contribution in [0, 0.1) is 18.8 Å². The third-order valence-corrected chi connectivity index (χ3v) is 4.06. The van der Waals surface area contributed by atoms with Crippen molar-refractivity contribution in [2.75, 3.05) is 19.0 Å². The molecule has 0 saturated heterocycles. The van der Waals surface area contributed by atoms with Gasteiger partial charge in [0, 0.05) is 12.2 Å². The highest BCUT2D eigenvalue weighted by atomic mass is 16.5. The molecule has 2 heteroatoms. The van der Waals surface area contributed by atoms with Crippen LogP contribution in [0.15, 0.2) is 18.2 Å². The van der Waals surface area contributed by atoms with E-state index in [1.807, 2.05) is 6.07 Å². The minimum Gasteiger partial charge on any atom is -0.497 e. The summed E-state index contributed by atoms with van der Waals surface area (Å²) < 4.78 is 5.23. The molecule has 1 N–H and O–H groups in total. The summed E-state index contributed by atoms with van der Waals surface area (Å²) >= 11 is 0. The number of hydrogen-bond acceptors (Lipinski definition) is 2. The summed E-state index contributed by atoms with van der Waals surface area (Å²) in [6.45, 7) is 5.62. The Balaban J connectivity index is 1.89. The fraction of sp³-hybridized carbons (Fsp3) is 0.625. The molecule has 1 aliphatic carbocycles. The van der Waals surface area contributed by atoms with Crippen molar-refractivity contribution in [1.82, 2.24) is 0 Å². The molecule has 18 heavy (non-hydrogen) atoms. The zero-order chi connectivity index (χ0) is 13.0. The summed E-state index contributed by atoms with van der Waals surface area (Å²) in [5.74, 6) is 2.68. The summed E-state index contributed by atoms with van der Waals surface area (Å²) in [6, 6.07) is 6.24. The van der Waals surface area contributed by atoms with E-state index in [4.69, 9.17) is 4.74 Å². The summed E-state index contributed by atoms with van der Waals surface area (Å²) in [5.41, 5.74) is 2.51. The van der Waals surface area contributed by atoms with Crippen LogP contribution in [0.5, 0.6) is 5.75 Å². The van der Waals surface area contributed by atoms with Gasteiger partial charge in [0.25, 0.3) is 0 Å². The molecule has 1 saturated carbocycles. The minimum absolute atomic E-state index is 0.843. The molecule has 2 nitrogen and oxygen atoms in total. The SMILES string of the molecule is COc1ccc(NCC2CCCC(C)C2)c(C)c1. The molecule has 1 aromatic carbocycles. The van der Waals surface area contributed by atoms with Gasteiger partial charge in [-0.05, 0) is 55.4 Å². The van der Waals surface area contributed by atoms with E-state index in [0.717, 1.165) is 24.1 Å². The fourth-order valence-corrected chi connectivity index (χ4v) is 2.96. The molecule has 1 aliphatic rings. The highest BCUT2D eigenvalue weighted by Gasteiger charge is 2.18. The van der Waals surface area contributed by atoms with Crippen LogP contribution in [-0.2, 0) is 0 Å². The number of benzene rings is 1. The third-order valence-electron chi connectivity index (χ3n) is 4.06. The van der Waals surface area contributed by atoms with Gasteiger partial charge in [-0.25, -0.2) is 0 Å². The van der Waals surface area contributed by atoms with Gasteiger partial charge in [0.15, 0.2) is 0 Å². The van der Waals surface area contributed by atoms with E-state index in [1.165, 1.54) is 36.9 Å². The highest BCUT2D eigenvalue weighted by molar-refractivity contribution is 5.53. The minimum atomic E-state index is 0.843. The fourth-order valence-electron chi connectivity index (χ4n) is 2.96. The van der Waals surface area contributed by atoms with Crippen LogP contribution in [0.1, 0.15) is 38.2 Å². The molecule has 2 rings (SSSR count). The maximum absolute atomic E-state index is 5.23. The molecule has 2 unspecified atom stereocenters. The zero-order valence-corrected chi connectivity index (χ0v) is 11.8. The molecule has 1 fully saturated rings. The van der Waals surface area contributed by atoms with Crippen molar-refractivity contribution in [2.24, 2.45) is 11.8 Å². The first-order chi connectivity index (χ1) is 8.69. The Labute approximate surface area is 111 Å².